The molecule has 2 bridgehead atoms. The van der Waals surface area contributed by atoms with Gasteiger partial charge >= 0.3 is 5.97 Å². The molecule has 2 atom stereocenters. The van der Waals surface area contributed by atoms with Crippen LogP contribution in [0.5, 0.6) is 0 Å². The molecule has 0 aliphatic carbocycles. The number of pyridine rings is 1. The van der Waals surface area contributed by atoms with Gasteiger partial charge in [-0.3, -0.25) is 4.98 Å². The minimum Gasteiger partial charge on any atom is -0.462 e. The fraction of sp³-hybridized carbons (Fsp3) is 0.444. The van der Waals surface area contributed by atoms with Gasteiger partial charge in [0, 0.05) is 30.4 Å². The summed E-state index contributed by atoms with van der Waals surface area (Å²) in [6.45, 7) is 4.01. The van der Waals surface area contributed by atoms with Crippen LogP contribution < -0.4 is 4.90 Å². The number of benzene rings is 1. The first-order valence-electron chi connectivity index (χ1n) is 8.21. The maximum atomic E-state index is 12.2. The Kier molecular flexibility index (Phi) is 3.65. The third-order valence-electron chi connectivity index (χ3n) is 4.63. The van der Waals surface area contributed by atoms with E-state index in [0.717, 1.165) is 42.5 Å². The van der Waals surface area contributed by atoms with Crippen molar-refractivity contribution in [3.05, 3.63) is 36.0 Å². The van der Waals surface area contributed by atoms with Crippen LogP contribution in [-0.4, -0.2) is 42.9 Å². The minimum absolute atomic E-state index is 0.293. The molecule has 0 spiro atoms. The second kappa shape index (κ2) is 5.81. The summed E-state index contributed by atoms with van der Waals surface area (Å²) in [5.74, 6) is -0.293. The van der Waals surface area contributed by atoms with Gasteiger partial charge in [0.25, 0.3) is 0 Å². The Balaban J connectivity index is 1.71. The molecule has 1 aromatic carbocycles. The third-order valence-corrected chi connectivity index (χ3v) is 4.63. The molecule has 0 unspecified atom stereocenters. The van der Waals surface area contributed by atoms with E-state index in [0.29, 0.717) is 24.4 Å². The molecule has 120 valence electrons. The van der Waals surface area contributed by atoms with Crippen LogP contribution in [0.3, 0.4) is 0 Å². The van der Waals surface area contributed by atoms with E-state index in [1.807, 2.05) is 13.0 Å². The highest BCUT2D eigenvalue weighted by molar-refractivity contribution is 6.04. The molecule has 4 rings (SSSR count). The lowest BCUT2D eigenvalue weighted by Crippen LogP contribution is -2.42. The van der Waals surface area contributed by atoms with Gasteiger partial charge in [0.15, 0.2) is 0 Å². The number of carbonyl (C=O) groups is 1. The van der Waals surface area contributed by atoms with E-state index in [1.165, 1.54) is 0 Å². The molecular weight excluding hydrogens is 292 g/mol. The molecule has 2 saturated heterocycles. The Morgan fingerprint density at radius 2 is 2.09 bits per heavy atom. The van der Waals surface area contributed by atoms with E-state index in [2.05, 4.69) is 22.0 Å². The maximum Gasteiger partial charge on any atom is 0.338 e. The van der Waals surface area contributed by atoms with Crippen LogP contribution in [0.2, 0.25) is 0 Å². The van der Waals surface area contributed by atoms with Crippen LogP contribution in [-0.2, 0) is 9.47 Å². The molecule has 0 amide bonds. The van der Waals surface area contributed by atoms with Crippen molar-refractivity contribution in [2.75, 3.05) is 24.6 Å². The summed E-state index contributed by atoms with van der Waals surface area (Å²) < 4.78 is 11.1. The smallest absolute Gasteiger partial charge is 0.338 e. The Morgan fingerprint density at radius 3 is 2.83 bits per heavy atom. The summed E-state index contributed by atoms with van der Waals surface area (Å²) in [5.41, 5.74) is 2.52. The Labute approximate surface area is 135 Å². The molecule has 3 heterocycles. The number of fused-ring (bicyclic) bond motifs is 3. The summed E-state index contributed by atoms with van der Waals surface area (Å²) in [6.07, 6.45) is 4.61. The number of ether oxygens (including phenoxy) is 2. The SMILES string of the molecule is CCOC(=O)c1ccnc2ccc(N3C[C@H]4CC[C@@H](C3)O4)cc12. The highest BCUT2D eigenvalue weighted by atomic mass is 16.5. The number of esters is 1. The predicted octanol–water partition coefficient (Wildman–Crippen LogP) is 2.78. The number of aromatic nitrogens is 1. The van der Waals surface area contributed by atoms with Crippen molar-refractivity contribution < 1.29 is 14.3 Å². The first-order valence-corrected chi connectivity index (χ1v) is 8.21. The van der Waals surface area contributed by atoms with Gasteiger partial charge in [-0.05, 0) is 44.0 Å². The quantitative estimate of drug-likeness (QED) is 0.816. The third kappa shape index (κ3) is 2.65. The van der Waals surface area contributed by atoms with E-state index >= 15 is 0 Å². The zero-order chi connectivity index (χ0) is 15.8. The number of carbonyl (C=O) groups excluding carboxylic acids is 1. The fourth-order valence-corrected chi connectivity index (χ4v) is 3.54. The van der Waals surface area contributed by atoms with E-state index < -0.39 is 0 Å². The van der Waals surface area contributed by atoms with Crippen molar-refractivity contribution in [1.29, 1.82) is 0 Å². The van der Waals surface area contributed by atoms with Gasteiger partial charge in [0.05, 0.1) is 29.9 Å². The number of rotatable bonds is 3. The number of anilines is 1. The molecular formula is C18H20N2O3. The topological polar surface area (TPSA) is 51.7 Å². The molecule has 5 heteroatoms. The van der Waals surface area contributed by atoms with Gasteiger partial charge in [-0.15, -0.1) is 0 Å². The standard InChI is InChI=1S/C18H20N2O3/c1-2-22-18(21)15-7-8-19-17-6-3-12(9-16(15)17)20-10-13-4-5-14(11-20)23-13/h3,6-9,13-14H,2,4-5,10-11H2,1H3/t13-,14+. The van der Waals surface area contributed by atoms with Gasteiger partial charge in [0.2, 0.25) is 0 Å². The van der Waals surface area contributed by atoms with E-state index in [-0.39, 0.29) is 5.97 Å². The average Bonchev–Trinajstić information content (AvgIpc) is 2.92. The molecule has 23 heavy (non-hydrogen) atoms. The lowest BCUT2D eigenvalue weighted by Gasteiger charge is -2.34. The lowest BCUT2D eigenvalue weighted by molar-refractivity contribution is 0.0305. The van der Waals surface area contributed by atoms with Gasteiger partial charge in [-0.2, -0.15) is 0 Å². The second-order valence-electron chi connectivity index (χ2n) is 6.14. The van der Waals surface area contributed by atoms with Crippen molar-refractivity contribution in [3.63, 3.8) is 0 Å². The molecule has 2 aliphatic rings. The molecule has 1 aromatic heterocycles. The first kappa shape index (κ1) is 14.5. The second-order valence-corrected chi connectivity index (χ2v) is 6.14. The number of nitrogens with zero attached hydrogens (tertiary/aromatic N) is 2. The van der Waals surface area contributed by atoms with Crippen molar-refractivity contribution in [2.45, 2.75) is 32.0 Å². The van der Waals surface area contributed by atoms with Gasteiger partial charge < -0.3 is 14.4 Å². The monoisotopic (exact) mass is 312 g/mol. The maximum absolute atomic E-state index is 12.2. The molecule has 2 aliphatic heterocycles. The van der Waals surface area contributed by atoms with Crippen molar-refractivity contribution in [3.8, 4) is 0 Å². The van der Waals surface area contributed by atoms with E-state index in [1.54, 1.807) is 12.3 Å². The molecule has 0 N–H and O–H groups in total. The zero-order valence-corrected chi connectivity index (χ0v) is 13.2. The number of hydrogen-bond donors (Lipinski definition) is 0. The summed E-state index contributed by atoms with van der Waals surface area (Å²) >= 11 is 0. The summed E-state index contributed by atoms with van der Waals surface area (Å²) in [5, 5.41) is 0.849. The van der Waals surface area contributed by atoms with Gasteiger partial charge in [-0.25, -0.2) is 4.79 Å². The Morgan fingerprint density at radius 1 is 1.30 bits per heavy atom. The van der Waals surface area contributed by atoms with Crippen LogP contribution in [0.4, 0.5) is 5.69 Å². The summed E-state index contributed by atoms with van der Waals surface area (Å²) in [4.78, 5) is 18.9. The zero-order valence-electron chi connectivity index (χ0n) is 13.2. The predicted molar refractivity (Wildman–Crippen MR) is 87.8 cm³/mol. The normalized spacial score (nSPS) is 23.3. The van der Waals surface area contributed by atoms with Crippen molar-refractivity contribution in [2.24, 2.45) is 0 Å². The van der Waals surface area contributed by atoms with Crippen molar-refractivity contribution >= 4 is 22.6 Å². The number of morpholine rings is 1. The lowest BCUT2D eigenvalue weighted by atomic mass is 10.1. The summed E-state index contributed by atoms with van der Waals surface area (Å²) in [7, 11) is 0. The molecule has 2 fully saturated rings. The number of hydrogen-bond acceptors (Lipinski definition) is 5. The minimum atomic E-state index is -0.293. The van der Waals surface area contributed by atoms with E-state index in [9.17, 15) is 4.79 Å². The van der Waals surface area contributed by atoms with Crippen LogP contribution in [0.25, 0.3) is 10.9 Å². The first-order chi connectivity index (χ1) is 11.2. The van der Waals surface area contributed by atoms with E-state index in [4.69, 9.17) is 9.47 Å². The molecule has 5 nitrogen and oxygen atoms in total. The Bertz CT molecular complexity index is 734. The van der Waals surface area contributed by atoms with Crippen LogP contribution in [0.1, 0.15) is 30.1 Å². The fourth-order valence-electron chi connectivity index (χ4n) is 3.54. The highest BCUT2D eigenvalue weighted by Gasteiger charge is 2.33. The van der Waals surface area contributed by atoms with Crippen molar-refractivity contribution in [1.82, 2.24) is 4.98 Å². The molecule has 0 radical (unpaired) electrons. The molecule has 0 saturated carbocycles. The van der Waals surface area contributed by atoms with Gasteiger partial charge in [-0.1, -0.05) is 0 Å². The van der Waals surface area contributed by atoms with Gasteiger partial charge in [0.1, 0.15) is 0 Å². The summed E-state index contributed by atoms with van der Waals surface area (Å²) in [6, 6.07) is 7.84. The highest BCUT2D eigenvalue weighted by Crippen LogP contribution is 2.31. The largest absolute Gasteiger partial charge is 0.462 e. The molecule has 2 aromatic rings. The van der Waals surface area contributed by atoms with Crippen LogP contribution in [0, 0.1) is 0 Å². The van der Waals surface area contributed by atoms with Crippen LogP contribution >= 0.6 is 0 Å². The van der Waals surface area contributed by atoms with Crippen LogP contribution in [0.15, 0.2) is 30.5 Å². The average molecular weight is 312 g/mol. The Hall–Kier alpha value is -2.14.